The fourth-order valence-electron chi connectivity index (χ4n) is 2.32. The van der Waals surface area contributed by atoms with E-state index >= 15 is 0 Å². The van der Waals surface area contributed by atoms with Gasteiger partial charge in [0, 0.05) is 17.9 Å². The Morgan fingerprint density at radius 2 is 1.10 bits per heavy atom. The van der Waals surface area contributed by atoms with Gasteiger partial charge in [-0.2, -0.15) is 0 Å². The van der Waals surface area contributed by atoms with E-state index in [0.29, 0.717) is 6.54 Å². The fourth-order valence-corrected chi connectivity index (χ4v) is 2.32. The zero-order chi connectivity index (χ0) is 14.5. The van der Waals surface area contributed by atoms with Crippen LogP contribution in [0.15, 0.2) is 84.9 Å². The Bertz CT molecular complexity index is 638. The number of halogens is 1. The summed E-state index contributed by atoms with van der Waals surface area (Å²) >= 11 is 0. The molecule has 0 aliphatic rings. The van der Waals surface area contributed by atoms with Crippen LogP contribution >= 0.6 is 0 Å². The van der Waals surface area contributed by atoms with Crippen molar-refractivity contribution in [1.29, 1.82) is 0 Å². The molecule has 2 heteroatoms. The number of hydrogen-bond acceptors (Lipinski definition) is 1. The first-order chi connectivity index (χ1) is 10.3. The molecule has 104 valence electrons. The van der Waals surface area contributed by atoms with E-state index in [9.17, 15) is 4.39 Å². The van der Waals surface area contributed by atoms with Gasteiger partial charge in [-0.05, 0) is 42.0 Å². The molecular weight excluding hydrogens is 261 g/mol. The second-order valence-electron chi connectivity index (χ2n) is 4.88. The molecule has 0 N–H and O–H groups in total. The number of hydrogen-bond donors (Lipinski definition) is 0. The second kappa shape index (κ2) is 6.23. The van der Waals surface area contributed by atoms with Gasteiger partial charge in [-0.3, -0.25) is 0 Å². The summed E-state index contributed by atoms with van der Waals surface area (Å²) in [6.45, 7) is 0.703. The highest BCUT2D eigenvalue weighted by Crippen LogP contribution is 2.27. The molecule has 0 unspecified atom stereocenters. The van der Waals surface area contributed by atoms with Gasteiger partial charge >= 0.3 is 0 Å². The number of rotatable bonds is 4. The molecule has 0 fully saturated rings. The Morgan fingerprint density at radius 3 is 1.57 bits per heavy atom. The van der Waals surface area contributed by atoms with E-state index in [-0.39, 0.29) is 5.82 Å². The number of benzene rings is 3. The first-order valence-electron chi connectivity index (χ1n) is 6.95. The Labute approximate surface area is 124 Å². The summed E-state index contributed by atoms with van der Waals surface area (Å²) < 4.78 is 13.1. The lowest BCUT2D eigenvalue weighted by molar-refractivity contribution is 0.627. The van der Waals surface area contributed by atoms with E-state index in [1.54, 1.807) is 0 Å². The maximum absolute atomic E-state index is 13.1. The predicted molar refractivity (Wildman–Crippen MR) is 85.1 cm³/mol. The van der Waals surface area contributed by atoms with Gasteiger partial charge in [0.05, 0.1) is 0 Å². The van der Waals surface area contributed by atoms with Gasteiger partial charge < -0.3 is 4.90 Å². The van der Waals surface area contributed by atoms with Crippen molar-refractivity contribution in [2.45, 2.75) is 6.54 Å². The first-order valence-corrected chi connectivity index (χ1v) is 6.95. The van der Waals surface area contributed by atoms with Gasteiger partial charge in [0.1, 0.15) is 5.82 Å². The van der Waals surface area contributed by atoms with Crippen LogP contribution in [0.1, 0.15) is 5.56 Å². The summed E-state index contributed by atoms with van der Waals surface area (Å²) in [7, 11) is 0. The van der Waals surface area contributed by atoms with Gasteiger partial charge in [-0.15, -0.1) is 0 Å². The van der Waals surface area contributed by atoms with Crippen molar-refractivity contribution in [3.05, 3.63) is 96.3 Å². The maximum Gasteiger partial charge on any atom is 0.123 e. The SMILES string of the molecule is Fc1ccc(CN(c2ccccc2)c2ccccc2)cc1. The van der Waals surface area contributed by atoms with Crippen LogP contribution in [-0.4, -0.2) is 0 Å². The van der Waals surface area contributed by atoms with Crippen LogP contribution in [0.25, 0.3) is 0 Å². The van der Waals surface area contributed by atoms with Gasteiger partial charge in [-0.25, -0.2) is 4.39 Å². The summed E-state index contributed by atoms with van der Waals surface area (Å²) in [5.41, 5.74) is 3.31. The zero-order valence-corrected chi connectivity index (χ0v) is 11.6. The largest absolute Gasteiger partial charge is 0.337 e. The molecule has 0 atom stereocenters. The average molecular weight is 277 g/mol. The van der Waals surface area contributed by atoms with Crippen molar-refractivity contribution < 1.29 is 4.39 Å². The minimum Gasteiger partial charge on any atom is -0.337 e. The van der Waals surface area contributed by atoms with Crippen molar-refractivity contribution in [3.63, 3.8) is 0 Å². The summed E-state index contributed by atoms with van der Waals surface area (Å²) in [5.74, 6) is -0.204. The van der Waals surface area contributed by atoms with E-state index in [2.05, 4.69) is 29.2 Å². The van der Waals surface area contributed by atoms with Crippen LogP contribution in [0.2, 0.25) is 0 Å². The van der Waals surface area contributed by atoms with Crippen molar-refractivity contribution >= 4 is 11.4 Å². The number of nitrogens with zero attached hydrogens (tertiary/aromatic N) is 1. The Balaban J connectivity index is 1.95. The van der Waals surface area contributed by atoms with Crippen molar-refractivity contribution in [1.82, 2.24) is 0 Å². The van der Waals surface area contributed by atoms with Crippen LogP contribution in [0, 0.1) is 5.82 Å². The zero-order valence-electron chi connectivity index (χ0n) is 11.6. The lowest BCUT2D eigenvalue weighted by Gasteiger charge is -2.25. The molecule has 0 spiro atoms. The summed E-state index contributed by atoms with van der Waals surface area (Å²) in [4.78, 5) is 2.22. The summed E-state index contributed by atoms with van der Waals surface area (Å²) in [6, 6.07) is 27.1. The van der Waals surface area contributed by atoms with E-state index < -0.39 is 0 Å². The highest BCUT2D eigenvalue weighted by Gasteiger charge is 2.09. The van der Waals surface area contributed by atoms with Crippen LogP contribution in [-0.2, 0) is 6.54 Å². The molecule has 0 saturated heterocycles. The lowest BCUT2D eigenvalue weighted by atomic mass is 10.1. The lowest BCUT2D eigenvalue weighted by Crippen LogP contribution is -2.16. The summed E-state index contributed by atoms with van der Waals surface area (Å²) in [5, 5.41) is 0. The quantitative estimate of drug-likeness (QED) is 0.636. The Hall–Kier alpha value is -2.61. The van der Waals surface area contributed by atoms with Crippen molar-refractivity contribution in [2.24, 2.45) is 0 Å². The molecule has 1 nitrogen and oxygen atoms in total. The van der Waals surface area contributed by atoms with Gasteiger partial charge in [0.2, 0.25) is 0 Å². The molecule has 21 heavy (non-hydrogen) atoms. The fraction of sp³-hybridized carbons (Fsp3) is 0.0526. The van der Waals surface area contributed by atoms with Gasteiger partial charge in [-0.1, -0.05) is 48.5 Å². The van der Waals surface area contributed by atoms with Crippen molar-refractivity contribution in [2.75, 3.05) is 4.90 Å². The molecule has 3 rings (SSSR count). The van der Waals surface area contributed by atoms with E-state index in [0.717, 1.165) is 16.9 Å². The van der Waals surface area contributed by atoms with E-state index in [4.69, 9.17) is 0 Å². The summed E-state index contributed by atoms with van der Waals surface area (Å²) in [6.07, 6.45) is 0. The minimum atomic E-state index is -0.204. The standard InChI is InChI=1S/C19H16FN/c20-17-13-11-16(12-14-17)15-21(18-7-3-1-4-8-18)19-9-5-2-6-10-19/h1-14H,15H2. The molecule has 0 bridgehead atoms. The highest BCUT2D eigenvalue weighted by molar-refractivity contribution is 5.63. The molecule has 0 aliphatic carbocycles. The molecule has 3 aromatic rings. The Kier molecular flexibility index (Phi) is 3.97. The molecule has 0 radical (unpaired) electrons. The molecule has 3 aromatic carbocycles. The first kappa shape index (κ1) is 13.4. The Morgan fingerprint density at radius 1 is 0.619 bits per heavy atom. The highest BCUT2D eigenvalue weighted by atomic mass is 19.1. The number of anilines is 2. The third-order valence-corrected chi connectivity index (χ3v) is 3.39. The smallest absolute Gasteiger partial charge is 0.123 e. The topological polar surface area (TPSA) is 3.24 Å². The van der Waals surface area contributed by atoms with Crippen LogP contribution in [0.5, 0.6) is 0 Å². The molecule has 0 aliphatic heterocycles. The average Bonchev–Trinajstić information content (AvgIpc) is 2.56. The van der Waals surface area contributed by atoms with Crippen LogP contribution in [0.3, 0.4) is 0 Å². The molecule has 0 saturated carbocycles. The van der Waals surface area contributed by atoms with E-state index in [1.165, 1.54) is 12.1 Å². The van der Waals surface area contributed by atoms with Crippen LogP contribution < -0.4 is 4.90 Å². The van der Waals surface area contributed by atoms with Crippen molar-refractivity contribution in [3.8, 4) is 0 Å². The molecule has 0 amide bonds. The van der Waals surface area contributed by atoms with Gasteiger partial charge in [0.25, 0.3) is 0 Å². The predicted octanol–water partition coefficient (Wildman–Crippen LogP) is 5.16. The minimum absolute atomic E-state index is 0.204. The van der Waals surface area contributed by atoms with Crippen LogP contribution in [0.4, 0.5) is 15.8 Å². The monoisotopic (exact) mass is 277 g/mol. The normalized spacial score (nSPS) is 10.3. The third-order valence-electron chi connectivity index (χ3n) is 3.39. The number of para-hydroxylation sites is 2. The maximum atomic E-state index is 13.1. The molecule has 0 aromatic heterocycles. The van der Waals surface area contributed by atoms with E-state index in [1.807, 2.05) is 48.5 Å². The third kappa shape index (κ3) is 3.29. The second-order valence-corrected chi connectivity index (χ2v) is 4.88. The molecular formula is C19H16FN. The molecule has 0 heterocycles. The van der Waals surface area contributed by atoms with Gasteiger partial charge in [0.15, 0.2) is 0 Å².